The predicted octanol–water partition coefficient (Wildman–Crippen LogP) is 4.42. The molecule has 0 unspecified atom stereocenters. The van der Waals surface area contributed by atoms with Crippen LogP contribution in [-0.2, 0) is 0 Å². The Morgan fingerprint density at radius 3 is 2.66 bits per heavy atom. The molecule has 0 spiro atoms. The number of hydrogen-bond acceptors (Lipinski definition) is 8. The molecule has 5 aromatic rings. The molecule has 0 aromatic carbocycles. The molecule has 0 atom stereocenters. The molecule has 10 heteroatoms. The van der Waals surface area contributed by atoms with Crippen molar-refractivity contribution in [3.63, 3.8) is 0 Å². The van der Waals surface area contributed by atoms with Crippen molar-refractivity contribution in [2.45, 2.75) is 38.2 Å². The van der Waals surface area contributed by atoms with E-state index in [1.807, 2.05) is 24.7 Å². The monoisotopic (exact) mass is 509 g/mol. The Morgan fingerprint density at radius 1 is 0.947 bits per heavy atom. The summed E-state index contributed by atoms with van der Waals surface area (Å²) in [6, 6.07) is 6.11. The van der Waals surface area contributed by atoms with Crippen LogP contribution in [0, 0.1) is 0 Å². The fourth-order valence-corrected chi connectivity index (χ4v) is 5.54. The topological polar surface area (TPSA) is 112 Å². The summed E-state index contributed by atoms with van der Waals surface area (Å²) in [5.74, 6) is 2.42. The Bertz CT molecular complexity index is 1580. The quantitative estimate of drug-likeness (QED) is 0.358. The first-order valence-corrected chi connectivity index (χ1v) is 13.5. The van der Waals surface area contributed by atoms with E-state index in [1.54, 1.807) is 6.20 Å². The second kappa shape index (κ2) is 9.68. The summed E-state index contributed by atoms with van der Waals surface area (Å²) >= 11 is 0. The average molecular weight is 510 g/mol. The molecule has 10 nitrogen and oxygen atoms in total. The number of nitrogens with zero attached hydrogens (tertiary/aromatic N) is 7. The molecule has 5 aromatic heterocycles. The summed E-state index contributed by atoms with van der Waals surface area (Å²) in [4.78, 5) is 26.9. The lowest BCUT2D eigenvalue weighted by Gasteiger charge is -2.33. The normalized spacial score (nSPS) is 17.4. The standard InChI is InChI=1S/C28H31N9O/c1-36-9-11-37(12-10-36)28-25-23(7-8-30-28)32-27(33-25)24-22-14-19(16-31-26(22)35-34-24)18-13-21(17-29-15-18)38-20-5-3-2-4-6-20/h7-8,13-17,20H,2-6,9-12H2,1H3,(H,32,33)(H,31,34,35). The molecular formula is C28H31N9O. The number of likely N-dealkylation sites (N-methyl/N-ethyl adjacent to an activating group) is 1. The van der Waals surface area contributed by atoms with Crippen molar-refractivity contribution < 1.29 is 4.74 Å². The van der Waals surface area contributed by atoms with Crippen molar-refractivity contribution in [1.29, 1.82) is 0 Å². The van der Waals surface area contributed by atoms with E-state index in [-0.39, 0.29) is 6.10 Å². The van der Waals surface area contributed by atoms with Gasteiger partial charge in [-0.05, 0) is 50.9 Å². The van der Waals surface area contributed by atoms with Crippen molar-refractivity contribution in [2.75, 3.05) is 38.1 Å². The number of ether oxygens (including phenoxy) is 1. The fraction of sp³-hybridized carbons (Fsp3) is 0.393. The summed E-state index contributed by atoms with van der Waals surface area (Å²) in [6.07, 6.45) is 13.6. The van der Waals surface area contributed by atoms with Gasteiger partial charge in [-0.25, -0.2) is 15.0 Å². The molecule has 7 rings (SSSR count). The summed E-state index contributed by atoms with van der Waals surface area (Å²) < 4.78 is 6.25. The van der Waals surface area contributed by atoms with Gasteiger partial charge in [0, 0.05) is 55.9 Å². The molecule has 0 bridgehead atoms. The molecule has 2 aliphatic rings. The molecule has 2 fully saturated rings. The van der Waals surface area contributed by atoms with E-state index in [2.05, 4.69) is 59.1 Å². The first-order chi connectivity index (χ1) is 18.7. The number of nitrogens with one attached hydrogen (secondary N) is 2. The van der Waals surface area contributed by atoms with Gasteiger partial charge in [-0.3, -0.25) is 10.1 Å². The third kappa shape index (κ3) is 4.34. The highest BCUT2D eigenvalue weighted by Gasteiger charge is 2.21. The second-order valence-electron chi connectivity index (χ2n) is 10.4. The first-order valence-electron chi connectivity index (χ1n) is 13.5. The van der Waals surface area contributed by atoms with Gasteiger partial charge in [0.25, 0.3) is 0 Å². The highest BCUT2D eigenvalue weighted by atomic mass is 16.5. The highest BCUT2D eigenvalue weighted by Crippen LogP contribution is 2.32. The van der Waals surface area contributed by atoms with Crippen LogP contribution in [0.3, 0.4) is 0 Å². The molecular weight excluding hydrogens is 478 g/mol. The lowest BCUT2D eigenvalue weighted by Crippen LogP contribution is -2.44. The Hall–Kier alpha value is -4.05. The van der Waals surface area contributed by atoms with E-state index in [4.69, 9.17) is 9.72 Å². The molecule has 6 heterocycles. The number of aromatic amines is 2. The maximum absolute atomic E-state index is 6.25. The zero-order valence-electron chi connectivity index (χ0n) is 21.5. The Labute approximate surface area is 220 Å². The van der Waals surface area contributed by atoms with Crippen LogP contribution in [0.1, 0.15) is 32.1 Å². The molecule has 1 aliphatic carbocycles. The van der Waals surface area contributed by atoms with E-state index < -0.39 is 0 Å². The van der Waals surface area contributed by atoms with Crippen molar-refractivity contribution in [3.05, 3.63) is 43.0 Å². The highest BCUT2D eigenvalue weighted by molar-refractivity contribution is 5.95. The van der Waals surface area contributed by atoms with Crippen molar-refractivity contribution >= 4 is 27.9 Å². The van der Waals surface area contributed by atoms with Gasteiger partial charge in [-0.1, -0.05) is 6.42 Å². The molecule has 2 N–H and O–H groups in total. The van der Waals surface area contributed by atoms with E-state index in [0.29, 0.717) is 11.5 Å². The Morgan fingerprint density at radius 2 is 1.79 bits per heavy atom. The van der Waals surface area contributed by atoms with Gasteiger partial charge in [-0.15, -0.1) is 0 Å². The summed E-state index contributed by atoms with van der Waals surface area (Å²) in [7, 11) is 2.15. The number of hydrogen-bond donors (Lipinski definition) is 2. The van der Waals surface area contributed by atoms with E-state index in [9.17, 15) is 0 Å². The van der Waals surface area contributed by atoms with Crippen LogP contribution >= 0.6 is 0 Å². The van der Waals surface area contributed by atoms with Crippen LogP contribution in [0.15, 0.2) is 43.0 Å². The van der Waals surface area contributed by atoms with Gasteiger partial charge >= 0.3 is 0 Å². The van der Waals surface area contributed by atoms with Crippen LogP contribution in [0.4, 0.5) is 5.82 Å². The van der Waals surface area contributed by atoms with Crippen molar-refractivity contribution in [2.24, 2.45) is 0 Å². The number of aromatic nitrogens is 7. The number of pyridine rings is 3. The number of anilines is 1. The zero-order valence-corrected chi connectivity index (χ0v) is 21.5. The average Bonchev–Trinajstić information content (AvgIpc) is 3.58. The SMILES string of the molecule is CN1CCN(c2nccc3[nH]c(-c4n[nH]c5ncc(-c6cncc(OC7CCCCC7)c6)cc45)nc23)CC1. The molecule has 1 aliphatic heterocycles. The number of fused-ring (bicyclic) bond motifs is 2. The third-order valence-electron chi connectivity index (χ3n) is 7.73. The molecule has 1 saturated carbocycles. The number of H-pyrrole nitrogens is 2. The number of imidazole rings is 1. The van der Waals surface area contributed by atoms with E-state index in [1.165, 1.54) is 19.3 Å². The minimum atomic E-state index is 0.278. The summed E-state index contributed by atoms with van der Waals surface area (Å²) in [6.45, 7) is 3.88. The van der Waals surface area contributed by atoms with Crippen LogP contribution in [0.2, 0.25) is 0 Å². The van der Waals surface area contributed by atoms with Gasteiger partial charge in [-0.2, -0.15) is 5.10 Å². The van der Waals surface area contributed by atoms with Crippen molar-refractivity contribution in [1.82, 2.24) is 40.0 Å². The molecule has 38 heavy (non-hydrogen) atoms. The molecule has 0 radical (unpaired) electrons. The van der Waals surface area contributed by atoms with Crippen LogP contribution in [-0.4, -0.2) is 79.3 Å². The molecule has 0 amide bonds. The summed E-state index contributed by atoms with van der Waals surface area (Å²) in [5, 5.41) is 8.54. The van der Waals surface area contributed by atoms with Gasteiger partial charge < -0.3 is 19.5 Å². The van der Waals surface area contributed by atoms with Gasteiger partial charge in [0.2, 0.25) is 0 Å². The molecule has 1 saturated heterocycles. The minimum absolute atomic E-state index is 0.278. The van der Waals surface area contributed by atoms with Gasteiger partial charge in [0.1, 0.15) is 17.0 Å². The maximum atomic E-state index is 6.25. The van der Waals surface area contributed by atoms with Gasteiger partial charge in [0.15, 0.2) is 17.3 Å². The Balaban J connectivity index is 1.22. The van der Waals surface area contributed by atoms with Crippen LogP contribution < -0.4 is 9.64 Å². The summed E-state index contributed by atoms with van der Waals surface area (Å²) in [5.41, 5.74) is 5.18. The van der Waals surface area contributed by atoms with Crippen LogP contribution in [0.25, 0.3) is 44.7 Å². The Kier molecular flexibility index (Phi) is 5.88. The fourth-order valence-electron chi connectivity index (χ4n) is 5.54. The van der Waals surface area contributed by atoms with Gasteiger partial charge in [0.05, 0.1) is 23.2 Å². The number of rotatable bonds is 5. The molecule has 194 valence electrons. The predicted molar refractivity (Wildman–Crippen MR) is 147 cm³/mol. The largest absolute Gasteiger partial charge is 0.489 e. The van der Waals surface area contributed by atoms with E-state index >= 15 is 0 Å². The third-order valence-corrected chi connectivity index (χ3v) is 7.73. The second-order valence-corrected chi connectivity index (χ2v) is 10.4. The van der Waals surface area contributed by atoms with Crippen LogP contribution in [0.5, 0.6) is 5.75 Å². The smallest absolute Gasteiger partial charge is 0.159 e. The first kappa shape index (κ1) is 23.1. The maximum Gasteiger partial charge on any atom is 0.159 e. The zero-order chi connectivity index (χ0) is 25.5. The van der Waals surface area contributed by atoms with Crippen molar-refractivity contribution in [3.8, 4) is 28.4 Å². The van der Waals surface area contributed by atoms with E-state index in [0.717, 1.165) is 83.8 Å². The minimum Gasteiger partial charge on any atom is -0.489 e. The lowest BCUT2D eigenvalue weighted by molar-refractivity contribution is 0.154. The number of piperazine rings is 1. The lowest BCUT2D eigenvalue weighted by atomic mass is 9.98.